The Bertz CT molecular complexity index is 985. The van der Waals surface area contributed by atoms with E-state index in [0.29, 0.717) is 38.4 Å². The number of carbonyl (C=O) groups is 2. The summed E-state index contributed by atoms with van der Waals surface area (Å²) in [5, 5.41) is 6.21. The third kappa shape index (κ3) is 6.40. The van der Waals surface area contributed by atoms with Crippen molar-refractivity contribution < 1.29 is 18.7 Å². The number of hydrogen-bond acceptors (Lipinski definition) is 7. The van der Waals surface area contributed by atoms with Crippen LogP contribution in [0.4, 0.5) is 10.5 Å². The second-order valence-electron chi connectivity index (χ2n) is 8.92. The van der Waals surface area contributed by atoms with Gasteiger partial charge in [0.05, 0.1) is 18.8 Å². The summed E-state index contributed by atoms with van der Waals surface area (Å²) in [5.41, 5.74) is 1.27. The minimum Gasteiger partial charge on any atom is -0.459 e. The van der Waals surface area contributed by atoms with Gasteiger partial charge in [-0.1, -0.05) is 12.1 Å². The summed E-state index contributed by atoms with van der Waals surface area (Å²) in [6, 6.07) is 11.1. The zero-order chi connectivity index (χ0) is 22.7. The molecule has 0 spiro atoms. The fourth-order valence-corrected chi connectivity index (χ4v) is 3.71. The maximum atomic E-state index is 12.4. The largest absolute Gasteiger partial charge is 0.459 e. The Morgan fingerprint density at radius 1 is 1.18 bits per heavy atom. The molecule has 33 heavy (non-hydrogen) atoms. The van der Waals surface area contributed by atoms with Gasteiger partial charge in [-0.25, -0.2) is 4.79 Å². The molecule has 2 N–H and O–H groups in total. The molecule has 2 aliphatic heterocycles. The molecule has 1 saturated heterocycles. The lowest BCUT2D eigenvalue weighted by Crippen LogP contribution is -2.57. The third-order valence-electron chi connectivity index (χ3n) is 5.27. The normalized spacial score (nSPS) is 17.5. The third-order valence-corrected chi connectivity index (χ3v) is 5.27. The molecule has 1 aromatic heterocycles. The topological polar surface area (TPSA) is 99.4 Å². The van der Waals surface area contributed by atoms with Crippen molar-refractivity contribution in [2.24, 2.45) is 4.99 Å². The van der Waals surface area contributed by atoms with E-state index in [1.54, 1.807) is 17.0 Å². The van der Waals surface area contributed by atoms with Crippen molar-refractivity contribution in [2.45, 2.75) is 39.0 Å². The predicted octanol–water partition coefficient (Wildman–Crippen LogP) is 3.53. The number of rotatable bonds is 4. The molecule has 9 nitrogen and oxygen atoms in total. The van der Waals surface area contributed by atoms with E-state index in [4.69, 9.17) is 9.15 Å². The number of aliphatic imine (C=N–C) groups is 1. The molecule has 1 atom stereocenters. The number of nitrogens with zero attached hydrogens (tertiary/aromatic N) is 3. The summed E-state index contributed by atoms with van der Waals surface area (Å²) in [6.45, 7) is 8.82. The summed E-state index contributed by atoms with van der Waals surface area (Å²) in [5.74, 6) is 0.850. The minimum atomic E-state index is -0.496. The van der Waals surface area contributed by atoms with Crippen LogP contribution in [0.15, 0.2) is 52.1 Å². The molecule has 2 aromatic rings. The molecule has 1 aromatic carbocycles. The summed E-state index contributed by atoms with van der Waals surface area (Å²) in [4.78, 5) is 33.0. The van der Waals surface area contributed by atoms with Crippen LogP contribution in [0.1, 0.15) is 36.9 Å². The van der Waals surface area contributed by atoms with Crippen molar-refractivity contribution in [3.05, 3.63) is 54.0 Å². The van der Waals surface area contributed by atoms with Gasteiger partial charge in [0.15, 0.2) is 11.7 Å². The molecule has 2 amide bonds. The fourth-order valence-electron chi connectivity index (χ4n) is 3.71. The van der Waals surface area contributed by atoms with E-state index in [1.807, 2.05) is 45.0 Å². The number of anilines is 1. The van der Waals surface area contributed by atoms with E-state index in [2.05, 4.69) is 20.5 Å². The van der Waals surface area contributed by atoms with Crippen LogP contribution in [0.25, 0.3) is 0 Å². The number of fused-ring (bicyclic) bond motifs is 1. The van der Waals surface area contributed by atoms with Crippen molar-refractivity contribution in [1.29, 1.82) is 0 Å². The van der Waals surface area contributed by atoms with E-state index in [1.165, 1.54) is 6.26 Å². The van der Waals surface area contributed by atoms with Crippen LogP contribution >= 0.6 is 24.0 Å². The minimum absolute atomic E-state index is 0. The highest BCUT2D eigenvalue weighted by Gasteiger charge is 2.36. The quantitative estimate of drug-likeness (QED) is 0.549. The van der Waals surface area contributed by atoms with Crippen molar-refractivity contribution in [2.75, 3.05) is 31.5 Å². The average Bonchev–Trinajstić information content (AvgIpc) is 3.42. The monoisotopic (exact) mass is 567 g/mol. The molecule has 1 fully saturated rings. The number of hydrogen-bond donors (Lipinski definition) is 2. The Morgan fingerprint density at radius 2 is 1.94 bits per heavy atom. The lowest BCUT2D eigenvalue weighted by atomic mass is 10.2. The molecule has 3 heterocycles. The number of furan rings is 1. The van der Waals surface area contributed by atoms with E-state index >= 15 is 0 Å². The predicted molar refractivity (Wildman–Crippen MR) is 136 cm³/mol. The van der Waals surface area contributed by atoms with Crippen LogP contribution in [-0.4, -0.2) is 65.6 Å². The molecule has 1 unspecified atom stereocenters. The van der Waals surface area contributed by atoms with Crippen LogP contribution in [0.2, 0.25) is 0 Å². The number of piperazine rings is 1. The molecule has 4 rings (SSSR count). The highest BCUT2D eigenvalue weighted by atomic mass is 127. The standard InChI is InChI=1S/C23H29N5O4.HI/c1-23(2,3)32-22(30)27-10-11-28-18(15-27)14-25-21(28)24-13-16-6-8-17(9-7-16)26-20(29)19-5-4-12-31-19;/h4-9,12,18H,10-11,13-15H2,1-3H3,(H,24,25)(H,26,29);1H. The van der Waals surface area contributed by atoms with E-state index in [9.17, 15) is 9.59 Å². The van der Waals surface area contributed by atoms with Crippen LogP contribution in [0.3, 0.4) is 0 Å². The second-order valence-corrected chi connectivity index (χ2v) is 8.92. The van der Waals surface area contributed by atoms with Gasteiger partial charge in [0.1, 0.15) is 5.60 Å². The number of guanidine groups is 1. The van der Waals surface area contributed by atoms with Crippen LogP contribution < -0.4 is 10.6 Å². The Morgan fingerprint density at radius 3 is 2.61 bits per heavy atom. The Hall–Kier alpha value is -2.76. The summed E-state index contributed by atoms with van der Waals surface area (Å²) < 4.78 is 10.6. The lowest BCUT2D eigenvalue weighted by molar-refractivity contribution is 0.0137. The van der Waals surface area contributed by atoms with Crippen LogP contribution in [0.5, 0.6) is 0 Å². The smallest absolute Gasteiger partial charge is 0.410 e. The van der Waals surface area contributed by atoms with Gasteiger partial charge < -0.3 is 29.6 Å². The summed E-state index contributed by atoms with van der Waals surface area (Å²) >= 11 is 0. The molecule has 0 radical (unpaired) electrons. The lowest BCUT2D eigenvalue weighted by Gasteiger charge is -2.39. The first-order chi connectivity index (χ1) is 15.3. The first-order valence-corrected chi connectivity index (χ1v) is 10.8. The average molecular weight is 567 g/mol. The van der Waals surface area contributed by atoms with Gasteiger partial charge in [0.2, 0.25) is 0 Å². The SMILES string of the molecule is CC(C)(C)OC(=O)N1CCN2C(NCc3ccc(NC(=O)c4ccco4)cc3)=NCC2C1.I. The van der Waals surface area contributed by atoms with Crippen molar-refractivity contribution in [3.8, 4) is 0 Å². The van der Waals surface area contributed by atoms with Gasteiger partial charge in [0.25, 0.3) is 5.91 Å². The summed E-state index contributed by atoms with van der Waals surface area (Å²) in [7, 11) is 0. The van der Waals surface area contributed by atoms with Crippen LogP contribution in [-0.2, 0) is 11.3 Å². The van der Waals surface area contributed by atoms with E-state index < -0.39 is 5.60 Å². The van der Waals surface area contributed by atoms with Gasteiger partial charge in [0, 0.05) is 31.9 Å². The molecule has 10 heteroatoms. The van der Waals surface area contributed by atoms with Crippen LogP contribution in [0, 0.1) is 0 Å². The molecular weight excluding hydrogens is 537 g/mol. The van der Waals surface area contributed by atoms with E-state index in [0.717, 1.165) is 11.5 Å². The van der Waals surface area contributed by atoms with Gasteiger partial charge in [-0.2, -0.15) is 0 Å². The highest BCUT2D eigenvalue weighted by Crippen LogP contribution is 2.19. The number of halogens is 1. The first kappa shape index (κ1) is 24.9. The Balaban J connectivity index is 0.00000306. The molecule has 2 aliphatic rings. The van der Waals surface area contributed by atoms with Gasteiger partial charge in [-0.15, -0.1) is 24.0 Å². The van der Waals surface area contributed by atoms with Gasteiger partial charge in [-0.05, 0) is 50.6 Å². The second kappa shape index (κ2) is 10.4. The van der Waals surface area contributed by atoms with Gasteiger partial charge in [-0.3, -0.25) is 9.79 Å². The molecule has 178 valence electrons. The number of amides is 2. The van der Waals surface area contributed by atoms with E-state index in [-0.39, 0.29) is 47.8 Å². The molecule has 0 saturated carbocycles. The zero-order valence-electron chi connectivity index (χ0n) is 19.0. The Labute approximate surface area is 210 Å². The summed E-state index contributed by atoms with van der Waals surface area (Å²) in [6.07, 6.45) is 1.20. The van der Waals surface area contributed by atoms with Gasteiger partial charge >= 0.3 is 6.09 Å². The number of benzene rings is 1. The molecule has 0 bridgehead atoms. The maximum absolute atomic E-state index is 12.4. The van der Waals surface area contributed by atoms with Crippen molar-refractivity contribution in [3.63, 3.8) is 0 Å². The van der Waals surface area contributed by atoms with Crippen molar-refractivity contribution >= 4 is 47.6 Å². The Kier molecular flexibility index (Phi) is 7.88. The highest BCUT2D eigenvalue weighted by molar-refractivity contribution is 14.0. The fraction of sp³-hybridized carbons (Fsp3) is 0.435. The number of nitrogens with one attached hydrogen (secondary N) is 2. The zero-order valence-corrected chi connectivity index (χ0v) is 21.4. The number of ether oxygens (including phenoxy) is 1. The maximum Gasteiger partial charge on any atom is 0.410 e. The molecule has 0 aliphatic carbocycles. The molecular formula is C23H30IN5O4. The first-order valence-electron chi connectivity index (χ1n) is 10.8. The van der Waals surface area contributed by atoms with Crippen molar-refractivity contribution in [1.82, 2.24) is 15.1 Å². The number of carbonyl (C=O) groups excluding carboxylic acids is 2.